The Bertz CT molecular complexity index is 2370. The molecule has 318 valence electrons. The number of nitrogens with zero attached hydrogens (tertiary/aromatic N) is 6. The van der Waals surface area contributed by atoms with Crippen LogP contribution in [-0.2, 0) is 14.4 Å². The summed E-state index contributed by atoms with van der Waals surface area (Å²) in [7, 11) is 0. The molecule has 3 aliphatic heterocycles. The summed E-state index contributed by atoms with van der Waals surface area (Å²) in [5.74, 6) is -0.802. The van der Waals surface area contributed by atoms with Crippen LogP contribution in [-0.4, -0.2) is 109 Å². The number of aliphatic hydroxyl groups is 1. The van der Waals surface area contributed by atoms with Gasteiger partial charge in [0.25, 0.3) is 0 Å². The molecule has 14 heteroatoms. The number of amides is 3. The number of aryl methyl sites for hydroxylation is 1. The zero-order chi connectivity index (χ0) is 43.0. The number of phenolic OH excluding ortho intramolecular Hbond substituents is 1. The molecule has 5 heterocycles. The fourth-order valence-corrected chi connectivity index (χ4v) is 9.95. The van der Waals surface area contributed by atoms with Crippen molar-refractivity contribution in [2.24, 2.45) is 5.41 Å². The summed E-state index contributed by atoms with van der Waals surface area (Å²) < 4.78 is 0. The molecule has 0 radical (unpaired) electrons. The second-order valence-corrected chi connectivity index (χ2v) is 18.6. The van der Waals surface area contributed by atoms with Crippen molar-refractivity contribution in [2.45, 2.75) is 90.2 Å². The number of aromatic hydroxyl groups is 1. The number of β-amino-alcohol motifs (C(OH)–C–C–N with tert-alkyl or cyclic N) is 1. The highest BCUT2D eigenvalue weighted by Crippen LogP contribution is 2.37. The van der Waals surface area contributed by atoms with Gasteiger partial charge in [-0.25, -0.2) is 4.98 Å². The first-order valence-electron chi connectivity index (χ1n) is 21.0. The van der Waals surface area contributed by atoms with Gasteiger partial charge in [-0.15, -0.1) is 11.3 Å². The van der Waals surface area contributed by atoms with Gasteiger partial charge in [0.15, 0.2) is 0 Å². The van der Waals surface area contributed by atoms with Crippen molar-refractivity contribution in [1.29, 1.82) is 0 Å². The second-order valence-electron chi connectivity index (χ2n) is 17.8. The third kappa shape index (κ3) is 9.02. The van der Waals surface area contributed by atoms with Crippen molar-refractivity contribution in [2.75, 3.05) is 31.1 Å². The number of hydrogen-bond donors (Lipinski definition) is 4. The average molecular weight is 843 g/mol. The molecular weight excluding hydrogens is 789 g/mol. The fourth-order valence-electron chi connectivity index (χ4n) is 9.14. The zero-order valence-corrected chi connectivity index (χ0v) is 36.1. The Morgan fingerprint density at radius 1 is 0.902 bits per heavy atom. The quantitative estimate of drug-likeness (QED) is 0.125. The predicted octanol–water partition coefficient (Wildman–Crippen LogP) is 5.97. The molecule has 2 aromatic heterocycles. The minimum absolute atomic E-state index is 0.0155. The van der Waals surface area contributed by atoms with E-state index in [0.29, 0.717) is 24.3 Å². The fraction of sp³-hybridized carbons (Fsp3) is 0.404. The van der Waals surface area contributed by atoms with Gasteiger partial charge < -0.3 is 30.6 Å². The van der Waals surface area contributed by atoms with Crippen LogP contribution in [0.15, 0.2) is 90.6 Å². The number of thiazole rings is 1. The van der Waals surface area contributed by atoms with Crippen molar-refractivity contribution in [1.82, 2.24) is 35.6 Å². The number of benzene rings is 3. The highest BCUT2D eigenvalue weighted by molar-refractivity contribution is 7.13. The summed E-state index contributed by atoms with van der Waals surface area (Å²) in [5, 5.41) is 35.6. The predicted molar refractivity (Wildman–Crippen MR) is 237 cm³/mol. The van der Waals surface area contributed by atoms with Gasteiger partial charge in [0.2, 0.25) is 17.7 Å². The van der Waals surface area contributed by atoms with E-state index < -0.39 is 23.6 Å². The largest absolute Gasteiger partial charge is 0.507 e. The summed E-state index contributed by atoms with van der Waals surface area (Å²) in [4.78, 5) is 53.4. The minimum Gasteiger partial charge on any atom is -0.507 e. The molecule has 61 heavy (non-hydrogen) atoms. The van der Waals surface area contributed by atoms with Crippen LogP contribution in [0, 0.1) is 12.3 Å². The molecule has 3 amide bonds. The van der Waals surface area contributed by atoms with Crippen molar-refractivity contribution in [3.63, 3.8) is 0 Å². The molecule has 5 aromatic rings. The minimum atomic E-state index is -0.901. The number of fused-ring (bicyclic) bond motifs is 2. The molecule has 0 aliphatic carbocycles. The van der Waals surface area contributed by atoms with Crippen LogP contribution in [0.5, 0.6) is 5.75 Å². The summed E-state index contributed by atoms with van der Waals surface area (Å²) in [5.41, 5.74) is 8.38. The Morgan fingerprint density at radius 2 is 1.59 bits per heavy atom. The molecule has 4 N–H and O–H groups in total. The Kier molecular flexibility index (Phi) is 11.9. The first-order valence-corrected chi connectivity index (χ1v) is 21.9. The molecule has 3 aliphatic rings. The molecule has 0 saturated carbocycles. The van der Waals surface area contributed by atoms with Gasteiger partial charge in [-0.2, -0.15) is 10.2 Å². The third-order valence-corrected chi connectivity index (χ3v) is 13.3. The molecular formula is C47H54N8O5S. The highest BCUT2D eigenvalue weighted by atomic mass is 32.1. The number of hydrogen-bond acceptors (Lipinski definition) is 11. The number of aliphatic hydroxyl groups excluding tert-OH is 1. The summed E-state index contributed by atoms with van der Waals surface area (Å²) in [6.07, 6.45) is 3.02. The Morgan fingerprint density at radius 3 is 2.25 bits per heavy atom. The third-order valence-electron chi connectivity index (χ3n) is 12.3. The van der Waals surface area contributed by atoms with Crippen molar-refractivity contribution in [3.05, 3.63) is 102 Å². The maximum absolute atomic E-state index is 14.3. The van der Waals surface area contributed by atoms with Gasteiger partial charge >= 0.3 is 0 Å². The topological polar surface area (TPSA) is 164 Å². The van der Waals surface area contributed by atoms with Crippen LogP contribution >= 0.6 is 11.3 Å². The second kappa shape index (κ2) is 17.3. The van der Waals surface area contributed by atoms with Crippen molar-refractivity contribution >= 4 is 34.7 Å². The summed E-state index contributed by atoms with van der Waals surface area (Å²) >= 11 is 1.59. The number of aromatic nitrogens is 3. The Balaban J connectivity index is 0.878. The van der Waals surface area contributed by atoms with Crippen LogP contribution in [0.4, 0.5) is 5.69 Å². The SMILES string of the molecule is Cc1ncsc1-c1ccc([C@H](C)NC(=O)[C@@H]2C[C@@H](O)CN2C(=O)[C@@H](NC(=O)CN2CC3CCC(C2)N3c2ccc(-c3cnnc(-c4ccccc4O)c3)cc2)C(C)(C)C)cc1. The van der Waals surface area contributed by atoms with E-state index in [9.17, 15) is 24.6 Å². The van der Waals surface area contributed by atoms with Crippen LogP contribution in [0.3, 0.4) is 0 Å². The average Bonchev–Trinajstić information content (AvgIpc) is 3.93. The van der Waals surface area contributed by atoms with Crippen LogP contribution in [0.2, 0.25) is 0 Å². The number of nitrogens with one attached hydrogen (secondary N) is 2. The molecule has 3 saturated heterocycles. The first kappa shape index (κ1) is 42.0. The van der Waals surface area contributed by atoms with Crippen LogP contribution in [0.25, 0.3) is 32.8 Å². The van der Waals surface area contributed by atoms with Gasteiger partial charge in [0.1, 0.15) is 17.8 Å². The first-order chi connectivity index (χ1) is 29.2. The molecule has 6 atom stereocenters. The maximum atomic E-state index is 14.3. The normalized spacial score (nSPS) is 21.3. The van der Waals surface area contributed by atoms with Gasteiger partial charge in [-0.3, -0.25) is 19.3 Å². The summed E-state index contributed by atoms with van der Waals surface area (Å²) in [6, 6.07) is 23.8. The highest BCUT2D eigenvalue weighted by Gasteiger charge is 2.45. The standard InChI is InChI=1S/C47H54N8O5S/c1-28(30-10-12-32(13-11-30)43-29(2)48-27-61-43)50-45(59)40-21-37(56)25-54(40)46(60)44(47(3,4)5)51-42(58)26-53-23-35-18-19-36(24-53)55(35)34-16-14-31(15-17-34)33-20-39(52-49-22-33)38-8-6-7-9-41(38)57/h6-17,20,22,27-28,35-37,40,44,56-57H,18-19,21,23-26H2,1-5H3,(H,50,59)(H,51,58)/t28-,35?,36?,37+,40-,44+/m0/s1. The van der Waals surface area contributed by atoms with Crippen LogP contribution in [0.1, 0.15) is 64.3 Å². The molecule has 0 spiro atoms. The monoisotopic (exact) mass is 842 g/mol. The molecule has 2 unspecified atom stereocenters. The maximum Gasteiger partial charge on any atom is 0.246 e. The van der Waals surface area contributed by atoms with E-state index in [0.717, 1.165) is 51.4 Å². The smallest absolute Gasteiger partial charge is 0.246 e. The van der Waals surface area contributed by atoms with E-state index in [1.54, 1.807) is 29.7 Å². The van der Waals surface area contributed by atoms with E-state index in [-0.39, 0.29) is 61.1 Å². The molecule has 13 nitrogen and oxygen atoms in total. The van der Waals surface area contributed by atoms with Gasteiger partial charge in [0, 0.05) is 55.0 Å². The molecule has 3 fully saturated rings. The lowest BCUT2D eigenvalue weighted by molar-refractivity contribution is -0.144. The van der Waals surface area contributed by atoms with Crippen LogP contribution < -0.4 is 15.5 Å². The van der Waals surface area contributed by atoms with Gasteiger partial charge in [-0.05, 0) is 79.1 Å². The van der Waals surface area contributed by atoms with E-state index >= 15 is 0 Å². The molecule has 2 bridgehead atoms. The number of piperazine rings is 1. The van der Waals surface area contributed by atoms with E-state index in [1.165, 1.54) is 4.90 Å². The number of likely N-dealkylation sites (tertiary alicyclic amines) is 2. The number of carbonyl (C=O) groups excluding carboxylic acids is 3. The number of carbonyl (C=O) groups is 3. The van der Waals surface area contributed by atoms with Gasteiger partial charge in [0.05, 0.1) is 46.7 Å². The summed E-state index contributed by atoms with van der Waals surface area (Å²) in [6.45, 7) is 11.2. The Labute approximate surface area is 360 Å². The number of para-hydroxylation sites is 1. The number of phenols is 1. The molecule has 8 rings (SSSR count). The molecule has 3 aromatic carbocycles. The van der Waals surface area contributed by atoms with E-state index in [2.05, 4.69) is 59.9 Å². The lowest BCUT2D eigenvalue weighted by atomic mass is 9.85. The van der Waals surface area contributed by atoms with Gasteiger partial charge in [-0.1, -0.05) is 69.3 Å². The number of anilines is 1. The van der Waals surface area contributed by atoms with Crippen molar-refractivity contribution in [3.8, 4) is 38.6 Å². The van der Waals surface area contributed by atoms with E-state index in [1.807, 2.05) is 82.6 Å². The number of rotatable bonds is 11. The lowest BCUT2D eigenvalue weighted by Crippen LogP contribution is -2.60. The lowest BCUT2D eigenvalue weighted by Gasteiger charge is -2.42. The van der Waals surface area contributed by atoms with E-state index in [4.69, 9.17) is 0 Å². The Hall–Kier alpha value is -5.70. The zero-order valence-electron chi connectivity index (χ0n) is 35.3. The van der Waals surface area contributed by atoms with Crippen molar-refractivity contribution < 1.29 is 24.6 Å².